The van der Waals surface area contributed by atoms with E-state index >= 15 is 0 Å². The van der Waals surface area contributed by atoms with E-state index < -0.39 is 12.1 Å². The van der Waals surface area contributed by atoms with E-state index in [1.165, 1.54) is 11.1 Å². The maximum absolute atomic E-state index is 12.5. The molecule has 0 aromatic heterocycles. The number of aromatic carboxylic acids is 1. The zero-order valence-corrected chi connectivity index (χ0v) is 16.9. The molecule has 1 aliphatic rings. The molecule has 1 atom stereocenters. The van der Waals surface area contributed by atoms with Crippen molar-refractivity contribution in [2.45, 2.75) is 25.8 Å². The molecular weight excluding hydrogens is 378 g/mol. The molecule has 0 bridgehead atoms. The number of hydrogen-bond donors (Lipinski definition) is 2. The van der Waals surface area contributed by atoms with Crippen LogP contribution in [0.4, 0.5) is 4.79 Å². The SMILES string of the molecule is Cc1ccc(C(=O)O)cc1C(C)NC(=O)OCC1c2ccccc2-c2ccccc21. The summed E-state index contributed by atoms with van der Waals surface area (Å²) in [7, 11) is 0. The van der Waals surface area contributed by atoms with Crippen molar-refractivity contribution in [2.24, 2.45) is 0 Å². The van der Waals surface area contributed by atoms with Gasteiger partial charge in [-0.15, -0.1) is 0 Å². The van der Waals surface area contributed by atoms with E-state index in [4.69, 9.17) is 4.74 Å². The Bertz CT molecular complexity index is 1080. The third-order valence-corrected chi connectivity index (χ3v) is 5.67. The number of benzene rings is 3. The van der Waals surface area contributed by atoms with Gasteiger partial charge in [-0.2, -0.15) is 0 Å². The predicted molar refractivity (Wildman–Crippen MR) is 115 cm³/mol. The summed E-state index contributed by atoms with van der Waals surface area (Å²) in [5.41, 5.74) is 6.52. The zero-order valence-electron chi connectivity index (χ0n) is 16.9. The summed E-state index contributed by atoms with van der Waals surface area (Å²) in [6.07, 6.45) is -0.524. The average molecular weight is 401 g/mol. The number of ether oxygens (including phenoxy) is 1. The first kappa shape index (κ1) is 19.7. The van der Waals surface area contributed by atoms with E-state index in [2.05, 4.69) is 29.6 Å². The Morgan fingerprint density at radius 1 is 1.00 bits per heavy atom. The van der Waals surface area contributed by atoms with E-state index in [1.807, 2.05) is 38.1 Å². The molecule has 5 heteroatoms. The topological polar surface area (TPSA) is 75.6 Å². The molecule has 0 saturated heterocycles. The smallest absolute Gasteiger partial charge is 0.407 e. The van der Waals surface area contributed by atoms with Gasteiger partial charge in [0.05, 0.1) is 11.6 Å². The Kier molecular flexibility index (Phi) is 5.27. The number of alkyl carbamates (subject to hydrolysis) is 1. The van der Waals surface area contributed by atoms with Crippen molar-refractivity contribution in [2.75, 3.05) is 6.61 Å². The highest BCUT2D eigenvalue weighted by Crippen LogP contribution is 2.44. The molecule has 0 radical (unpaired) electrons. The van der Waals surface area contributed by atoms with Crippen LogP contribution in [-0.4, -0.2) is 23.8 Å². The van der Waals surface area contributed by atoms with Gasteiger partial charge in [0.15, 0.2) is 0 Å². The van der Waals surface area contributed by atoms with Gasteiger partial charge in [0.2, 0.25) is 0 Å². The van der Waals surface area contributed by atoms with Crippen LogP contribution in [0.3, 0.4) is 0 Å². The Hall–Kier alpha value is -3.60. The molecule has 0 aliphatic heterocycles. The fourth-order valence-electron chi connectivity index (χ4n) is 4.13. The van der Waals surface area contributed by atoms with Gasteiger partial charge in [0, 0.05) is 5.92 Å². The van der Waals surface area contributed by atoms with Gasteiger partial charge >= 0.3 is 12.1 Å². The number of hydrogen-bond acceptors (Lipinski definition) is 3. The lowest BCUT2D eigenvalue weighted by Crippen LogP contribution is -2.29. The van der Waals surface area contributed by atoms with Crippen molar-refractivity contribution in [3.63, 3.8) is 0 Å². The first-order valence-corrected chi connectivity index (χ1v) is 9.91. The second-order valence-electron chi connectivity index (χ2n) is 7.57. The first-order valence-electron chi connectivity index (χ1n) is 9.91. The third-order valence-electron chi connectivity index (χ3n) is 5.67. The molecule has 1 aliphatic carbocycles. The Balaban J connectivity index is 1.46. The minimum atomic E-state index is -0.996. The summed E-state index contributed by atoms with van der Waals surface area (Å²) in [5, 5.41) is 12.0. The highest BCUT2D eigenvalue weighted by molar-refractivity contribution is 5.88. The average Bonchev–Trinajstić information content (AvgIpc) is 3.06. The van der Waals surface area contributed by atoms with Crippen molar-refractivity contribution in [1.29, 1.82) is 0 Å². The van der Waals surface area contributed by atoms with Crippen molar-refractivity contribution >= 4 is 12.1 Å². The molecule has 0 spiro atoms. The van der Waals surface area contributed by atoms with Gasteiger partial charge in [0.1, 0.15) is 6.61 Å². The largest absolute Gasteiger partial charge is 0.478 e. The number of aryl methyl sites for hydroxylation is 1. The molecule has 5 nitrogen and oxygen atoms in total. The quantitative estimate of drug-likeness (QED) is 0.609. The number of rotatable bonds is 5. The van der Waals surface area contributed by atoms with E-state index in [0.717, 1.165) is 22.3 Å². The number of carbonyl (C=O) groups is 2. The van der Waals surface area contributed by atoms with Gasteiger partial charge in [-0.05, 0) is 59.4 Å². The van der Waals surface area contributed by atoms with E-state index in [-0.39, 0.29) is 24.1 Å². The highest BCUT2D eigenvalue weighted by atomic mass is 16.5. The molecule has 30 heavy (non-hydrogen) atoms. The summed E-state index contributed by atoms with van der Waals surface area (Å²) >= 11 is 0. The Morgan fingerprint density at radius 2 is 1.60 bits per heavy atom. The standard InChI is InChI=1S/C25H23NO4/c1-15-11-12-17(24(27)28)13-22(15)16(2)26-25(29)30-14-23-20-9-5-3-7-18(20)19-8-4-6-10-21(19)23/h3-13,16,23H,14H2,1-2H3,(H,26,29)(H,27,28). The zero-order chi connectivity index (χ0) is 21.3. The van der Waals surface area contributed by atoms with E-state index in [1.54, 1.807) is 18.2 Å². The molecular formula is C25H23NO4. The van der Waals surface area contributed by atoms with Crippen LogP contribution in [0.5, 0.6) is 0 Å². The van der Waals surface area contributed by atoms with E-state index in [0.29, 0.717) is 0 Å². The summed E-state index contributed by atoms with van der Waals surface area (Å²) in [5.74, 6) is -1.000. The van der Waals surface area contributed by atoms with Gasteiger partial charge in [0.25, 0.3) is 0 Å². The Labute approximate surface area is 175 Å². The monoisotopic (exact) mass is 401 g/mol. The lowest BCUT2D eigenvalue weighted by molar-refractivity contribution is 0.0696. The van der Waals surface area contributed by atoms with Gasteiger partial charge in [-0.3, -0.25) is 0 Å². The molecule has 4 rings (SSSR count). The summed E-state index contributed by atoms with van der Waals surface area (Å²) in [6.45, 7) is 3.94. The minimum Gasteiger partial charge on any atom is -0.478 e. The molecule has 0 saturated carbocycles. The van der Waals surface area contributed by atoms with Crippen LogP contribution >= 0.6 is 0 Å². The van der Waals surface area contributed by atoms with Crippen molar-refractivity contribution < 1.29 is 19.4 Å². The summed E-state index contributed by atoms with van der Waals surface area (Å²) in [4.78, 5) is 23.7. The third kappa shape index (κ3) is 3.66. The van der Waals surface area contributed by atoms with Crippen LogP contribution in [0, 0.1) is 6.92 Å². The van der Waals surface area contributed by atoms with Crippen LogP contribution < -0.4 is 5.32 Å². The molecule has 2 N–H and O–H groups in total. The fraction of sp³-hybridized carbons (Fsp3) is 0.200. The van der Waals surface area contributed by atoms with Gasteiger partial charge in [-0.1, -0.05) is 54.6 Å². The lowest BCUT2D eigenvalue weighted by atomic mass is 9.98. The molecule has 1 amide bonds. The van der Waals surface area contributed by atoms with Crippen LogP contribution in [-0.2, 0) is 4.74 Å². The molecule has 0 fully saturated rings. The highest BCUT2D eigenvalue weighted by Gasteiger charge is 2.29. The maximum atomic E-state index is 12.5. The predicted octanol–water partition coefficient (Wildman–Crippen LogP) is 5.29. The number of fused-ring (bicyclic) bond motifs is 3. The van der Waals surface area contributed by atoms with Crippen LogP contribution in [0.2, 0.25) is 0 Å². The van der Waals surface area contributed by atoms with Crippen molar-refractivity contribution in [1.82, 2.24) is 5.32 Å². The summed E-state index contributed by atoms with van der Waals surface area (Å²) < 4.78 is 5.58. The van der Waals surface area contributed by atoms with Crippen molar-refractivity contribution in [3.05, 3.63) is 94.5 Å². The second-order valence-corrected chi connectivity index (χ2v) is 7.57. The fourth-order valence-corrected chi connectivity index (χ4v) is 4.13. The maximum Gasteiger partial charge on any atom is 0.407 e. The van der Waals surface area contributed by atoms with E-state index in [9.17, 15) is 14.7 Å². The number of carboxylic acids is 1. The number of amides is 1. The normalized spacial score (nSPS) is 13.3. The first-order chi connectivity index (χ1) is 14.5. The Morgan fingerprint density at radius 3 is 2.20 bits per heavy atom. The van der Waals surface area contributed by atoms with Crippen LogP contribution in [0.15, 0.2) is 66.7 Å². The van der Waals surface area contributed by atoms with Gasteiger partial charge < -0.3 is 15.2 Å². The molecule has 0 heterocycles. The summed E-state index contributed by atoms with van der Waals surface area (Å²) in [6, 6.07) is 20.9. The molecule has 3 aromatic carbocycles. The number of carbonyl (C=O) groups excluding carboxylic acids is 1. The minimum absolute atomic E-state index is 0.00414. The molecule has 3 aromatic rings. The lowest BCUT2D eigenvalue weighted by Gasteiger charge is -2.19. The number of carboxylic acid groups (broad SMARTS) is 1. The number of nitrogens with one attached hydrogen (secondary N) is 1. The molecule has 152 valence electrons. The van der Waals surface area contributed by atoms with Crippen molar-refractivity contribution in [3.8, 4) is 11.1 Å². The van der Waals surface area contributed by atoms with Crippen LogP contribution in [0.1, 0.15) is 51.5 Å². The molecule has 1 unspecified atom stereocenters. The van der Waals surface area contributed by atoms with Crippen LogP contribution in [0.25, 0.3) is 11.1 Å². The second kappa shape index (κ2) is 8.03. The van der Waals surface area contributed by atoms with Gasteiger partial charge in [-0.25, -0.2) is 9.59 Å².